The van der Waals surface area contributed by atoms with Gasteiger partial charge in [-0.05, 0) is 31.7 Å². The molecule has 1 fully saturated rings. The van der Waals surface area contributed by atoms with Gasteiger partial charge in [0.1, 0.15) is 18.5 Å². The molecule has 7 nitrogen and oxygen atoms in total. The average molecular weight is 388 g/mol. The van der Waals surface area contributed by atoms with Crippen LogP contribution in [0.1, 0.15) is 30.7 Å². The molecular formula is C21H28N2O5. The summed E-state index contributed by atoms with van der Waals surface area (Å²) in [5.74, 6) is 1.25. The molecule has 0 radical (unpaired) electrons. The molecule has 1 atom stereocenters. The number of ether oxygens (including phenoxy) is 4. The van der Waals surface area contributed by atoms with Crippen LogP contribution < -0.4 is 9.47 Å². The second-order valence-corrected chi connectivity index (χ2v) is 6.57. The molecule has 0 spiro atoms. The molecule has 2 aromatic heterocycles. The number of aromatic nitrogens is 2. The summed E-state index contributed by atoms with van der Waals surface area (Å²) in [6.45, 7) is 6.58. The maximum absolute atomic E-state index is 10.4. The van der Waals surface area contributed by atoms with E-state index in [9.17, 15) is 5.11 Å². The lowest BCUT2D eigenvalue weighted by atomic mass is 10.0. The molecule has 0 amide bonds. The van der Waals surface area contributed by atoms with Gasteiger partial charge in [-0.1, -0.05) is 13.0 Å². The highest BCUT2D eigenvalue weighted by molar-refractivity contribution is 5.40. The van der Waals surface area contributed by atoms with E-state index in [2.05, 4.69) is 9.97 Å². The van der Waals surface area contributed by atoms with Crippen molar-refractivity contribution in [1.82, 2.24) is 9.97 Å². The third kappa shape index (κ3) is 5.56. The van der Waals surface area contributed by atoms with E-state index in [4.69, 9.17) is 18.9 Å². The minimum atomic E-state index is -0.109. The molecule has 28 heavy (non-hydrogen) atoms. The van der Waals surface area contributed by atoms with Crippen molar-refractivity contribution in [3.63, 3.8) is 0 Å². The number of pyridine rings is 2. The van der Waals surface area contributed by atoms with E-state index >= 15 is 0 Å². The van der Waals surface area contributed by atoms with E-state index in [1.165, 1.54) is 0 Å². The molecule has 3 heterocycles. The third-order valence-corrected chi connectivity index (χ3v) is 4.56. The molecule has 0 saturated carbocycles. The Morgan fingerprint density at radius 1 is 1.14 bits per heavy atom. The number of hydrogen-bond donors (Lipinski definition) is 1. The normalized spacial score (nSPS) is 16.7. The van der Waals surface area contributed by atoms with E-state index in [1.807, 2.05) is 32.2 Å². The van der Waals surface area contributed by atoms with Gasteiger partial charge >= 0.3 is 0 Å². The first-order valence-corrected chi connectivity index (χ1v) is 9.81. The van der Waals surface area contributed by atoms with Crippen LogP contribution in [0.5, 0.6) is 17.5 Å². The van der Waals surface area contributed by atoms with Gasteiger partial charge in [-0.15, -0.1) is 0 Å². The zero-order valence-corrected chi connectivity index (χ0v) is 16.5. The van der Waals surface area contributed by atoms with Crippen molar-refractivity contribution in [2.45, 2.75) is 39.2 Å². The summed E-state index contributed by atoms with van der Waals surface area (Å²) in [4.78, 5) is 8.92. The van der Waals surface area contributed by atoms with Crippen molar-refractivity contribution in [2.24, 2.45) is 0 Å². The highest BCUT2D eigenvalue weighted by Gasteiger charge is 2.17. The van der Waals surface area contributed by atoms with Crippen LogP contribution in [0.3, 0.4) is 0 Å². The number of aromatic hydroxyl groups is 1. The van der Waals surface area contributed by atoms with Crippen molar-refractivity contribution in [2.75, 3.05) is 33.0 Å². The molecule has 1 aliphatic heterocycles. The van der Waals surface area contributed by atoms with E-state index < -0.39 is 0 Å². The molecule has 1 N–H and O–H groups in total. The number of rotatable bonds is 9. The van der Waals surface area contributed by atoms with Gasteiger partial charge in [0.2, 0.25) is 11.8 Å². The molecule has 1 aliphatic rings. The molecule has 7 heteroatoms. The molecule has 2 aromatic rings. The molecule has 1 unspecified atom stereocenters. The van der Waals surface area contributed by atoms with Crippen LogP contribution in [0.4, 0.5) is 0 Å². The Bertz CT molecular complexity index is 745. The fourth-order valence-electron chi connectivity index (χ4n) is 3.12. The first-order chi connectivity index (χ1) is 13.7. The summed E-state index contributed by atoms with van der Waals surface area (Å²) in [7, 11) is 0. The SMILES string of the molecule is CCOc1ccc(CCc2nc(OCC3COCCO3)cc(O)c2CC)cn1. The molecule has 0 aliphatic carbocycles. The second-order valence-electron chi connectivity index (χ2n) is 6.57. The van der Waals surface area contributed by atoms with Gasteiger partial charge in [0.05, 0.1) is 32.1 Å². The van der Waals surface area contributed by atoms with Crippen molar-refractivity contribution in [3.8, 4) is 17.5 Å². The summed E-state index contributed by atoms with van der Waals surface area (Å²) in [6.07, 6.45) is 3.86. The summed E-state index contributed by atoms with van der Waals surface area (Å²) < 4.78 is 22.1. The van der Waals surface area contributed by atoms with Crippen molar-refractivity contribution < 1.29 is 24.1 Å². The van der Waals surface area contributed by atoms with Gasteiger partial charge in [0.15, 0.2) is 0 Å². The van der Waals surface area contributed by atoms with Gasteiger partial charge in [-0.25, -0.2) is 9.97 Å². The minimum Gasteiger partial charge on any atom is -0.507 e. The predicted molar refractivity (Wildman–Crippen MR) is 104 cm³/mol. The quantitative estimate of drug-likeness (QED) is 0.707. The van der Waals surface area contributed by atoms with E-state index in [0.717, 1.165) is 23.2 Å². The largest absolute Gasteiger partial charge is 0.507 e. The summed E-state index contributed by atoms with van der Waals surface area (Å²) in [5, 5.41) is 10.4. The van der Waals surface area contributed by atoms with E-state index in [1.54, 1.807) is 6.07 Å². The standard InChI is InChI=1S/C21H28N2O5/c1-3-17-18(7-5-15-6-8-20(22-12-15)26-4-2)23-21(11-19(17)24)28-14-16-13-25-9-10-27-16/h6,8,11-12,16H,3-5,7,9-10,13-14H2,1-2H3,(H,23,24). The van der Waals surface area contributed by atoms with Crippen LogP contribution in [0.2, 0.25) is 0 Å². The maximum Gasteiger partial charge on any atom is 0.217 e. The van der Waals surface area contributed by atoms with Crippen LogP contribution in [-0.2, 0) is 28.7 Å². The van der Waals surface area contributed by atoms with Crippen molar-refractivity contribution in [1.29, 1.82) is 0 Å². The Morgan fingerprint density at radius 2 is 2.04 bits per heavy atom. The Morgan fingerprint density at radius 3 is 2.71 bits per heavy atom. The Labute approximate surface area is 165 Å². The van der Waals surface area contributed by atoms with Gasteiger partial charge in [0, 0.05) is 23.9 Å². The number of nitrogens with zero attached hydrogens (tertiary/aromatic N) is 2. The van der Waals surface area contributed by atoms with Crippen LogP contribution >= 0.6 is 0 Å². The Hall–Kier alpha value is -2.38. The molecule has 0 bridgehead atoms. The van der Waals surface area contributed by atoms with Crippen LogP contribution in [0, 0.1) is 0 Å². The van der Waals surface area contributed by atoms with E-state index in [0.29, 0.717) is 57.6 Å². The van der Waals surface area contributed by atoms with Gasteiger partial charge in [0.25, 0.3) is 0 Å². The van der Waals surface area contributed by atoms with Crippen LogP contribution in [-0.4, -0.2) is 54.2 Å². The Balaban J connectivity index is 1.65. The van der Waals surface area contributed by atoms with Gasteiger partial charge in [-0.3, -0.25) is 0 Å². The van der Waals surface area contributed by atoms with Gasteiger partial charge in [-0.2, -0.15) is 0 Å². The highest BCUT2D eigenvalue weighted by Crippen LogP contribution is 2.27. The average Bonchev–Trinajstić information content (AvgIpc) is 2.72. The summed E-state index contributed by atoms with van der Waals surface area (Å²) >= 11 is 0. The van der Waals surface area contributed by atoms with Crippen molar-refractivity contribution in [3.05, 3.63) is 41.2 Å². The van der Waals surface area contributed by atoms with Crippen molar-refractivity contribution >= 4 is 0 Å². The third-order valence-electron chi connectivity index (χ3n) is 4.56. The van der Waals surface area contributed by atoms with Gasteiger partial charge < -0.3 is 24.1 Å². The topological polar surface area (TPSA) is 82.9 Å². The number of aryl methyl sites for hydroxylation is 2. The lowest BCUT2D eigenvalue weighted by Gasteiger charge is -2.23. The molecular weight excluding hydrogens is 360 g/mol. The summed E-state index contributed by atoms with van der Waals surface area (Å²) in [6, 6.07) is 5.45. The van der Waals surface area contributed by atoms with E-state index in [-0.39, 0.29) is 11.9 Å². The lowest BCUT2D eigenvalue weighted by molar-refractivity contribution is -0.102. The Kier molecular flexibility index (Phi) is 7.45. The molecule has 1 saturated heterocycles. The first kappa shape index (κ1) is 20.4. The smallest absolute Gasteiger partial charge is 0.217 e. The van der Waals surface area contributed by atoms with Crippen LogP contribution in [0.15, 0.2) is 24.4 Å². The molecule has 152 valence electrons. The fourth-order valence-corrected chi connectivity index (χ4v) is 3.12. The maximum atomic E-state index is 10.4. The lowest BCUT2D eigenvalue weighted by Crippen LogP contribution is -2.33. The summed E-state index contributed by atoms with van der Waals surface area (Å²) in [5.41, 5.74) is 2.78. The molecule has 0 aromatic carbocycles. The minimum absolute atomic E-state index is 0.109. The predicted octanol–water partition coefficient (Wildman–Crippen LogP) is 2.72. The zero-order chi connectivity index (χ0) is 19.8. The first-order valence-electron chi connectivity index (χ1n) is 9.81. The second kappa shape index (κ2) is 10.2. The monoisotopic (exact) mass is 388 g/mol. The zero-order valence-electron chi connectivity index (χ0n) is 16.5. The molecule has 3 rings (SSSR count). The van der Waals surface area contributed by atoms with Crippen LogP contribution in [0.25, 0.3) is 0 Å². The highest BCUT2D eigenvalue weighted by atomic mass is 16.6. The fraction of sp³-hybridized carbons (Fsp3) is 0.524. The number of hydrogen-bond acceptors (Lipinski definition) is 7.